The third-order valence-electron chi connectivity index (χ3n) is 4.97. The maximum atomic E-state index is 13.0. The maximum absolute atomic E-state index is 13.0. The minimum atomic E-state index is -0.660. The van der Waals surface area contributed by atoms with E-state index in [1.807, 2.05) is 47.6 Å². The lowest BCUT2D eigenvalue weighted by atomic mass is 9.93. The van der Waals surface area contributed by atoms with Gasteiger partial charge in [-0.1, -0.05) is 53.7 Å². The highest BCUT2D eigenvalue weighted by molar-refractivity contribution is 5.96. The second-order valence-electron chi connectivity index (χ2n) is 9.36. The van der Waals surface area contributed by atoms with E-state index in [1.54, 1.807) is 30.0 Å². The first-order chi connectivity index (χ1) is 14.5. The van der Waals surface area contributed by atoms with Crippen molar-refractivity contribution in [3.05, 3.63) is 41.1 Å². The first kappa shape index (κ1) is 24.4. The van der Waals surface area contributed by atoms with Gasteiger partial charge in [0.05, 0.1) is 18.2 Å². The summed E-state index contributed by atoms with van der Waals surface area (Å²) in [6, 6.07) is 6.28. The van der Waals surface area contributed by atoms with Gasteiger partial charge in [0.1, 0.15) is 0 Å². The van der Waals surface area contributed by atoms with Crippen LogP contribution in [0.1, 0.15) is 66.5 Å². The normalized spacial score (nSPS) is 17.0. The van der Waals surface area contributed by atoms with Gasteiger partial charge >= 0.3 is 12.0 Å². The summed E-state index contributed by atoms with van der Waals surface area (Å²) in [4.78, 5) is 39.8. The van der Waals surface area contributed by atoms with Crippen LogP contribution >= 0.6 is 0 Å². The van der Waals surface area contributed by atoms with Gasteiger partial charge in [-0.3, -0.25) is 9.69 Å². The SMILES string of the molecule is CCCN1C(=O)N[C@@H](c2cccc(NC(=O)C(C)(C)C)c2)C(C(=O)OCC(C)C)=C1C. The van der Waals surface area contributed by atoms with Crippen molar-refractivity contribution in [3.8, 4) is 0 Å². The molecule has 2 N–H and O–H groups in total. The van der Waals surface area contributed by atoms with Crippen molar-refractivity contribution >= 4 is 23.6 Å². The molecule has 0 unspecified atom stereocenters. The van der Waals surface area contributed by atoms with Crippen LogP contribution in [0.5, 0.6) is 0 Å². The zero-order valence-electron chi connectivity index (χ0n) is 19.7. The van der Waals surface area contributed by atoms with E-state index < -0.39 is 17.4 Å². The summed E-state index contributed by atoms with van der Waals surface area (Å²) >= 11 is 0. The van der Waals surface area contributed by atoms with E-state index in [4.69, 9.17) is 4.74 Å². The molecule has 1 atom stereocenters. The molecule has 0 fully saturated rings. The Morgan fingerprint density at radius 1 is 1.26 bits per heavy atom. The fraction of sp³-hybridized carbons (Fsp3) is 0.542. The largest absolute Gasteiger partial charge is 0.462 e. The molecule has 0 aliphatic carbocycles. The lowest BCUT2D eigenvalue weighted by Crippen LogP contribution is -2.48. The second-order valence-corrected chi connectivity index (χ2v) is 9.36. The molecule has 1 aliphatic heterocycles. The summed E-state index contributed by atoms with van der Waals surface area (Å²) in [6.45, 7) is 14.0. The van der Waals surface area contributed by atoms with Crippen LogP contribution < -0.4 is 10.6 Å². The Morgan fingerprint density at radius 2 is 1.94 bits per heavy atom. The van der Waals surface area contributed by atoms with E-state index in [-0.39, 0.29) is 17.9 Å². The van der Waals surface area contributed by atoms with E-state index in [0.29, 0.717) is 35.7 Å². The molecule has 0 radical (unpaired) electrons. The molecule has 3 amide bonds. The van der Waals surface area contributed by atoms with Crippen LogP contribution in [0.15, 0.2) is 35.5 Å². The van der Waals surface area contributed by atoms with Gasteiger partial charge in [-0.2, -0.15) is 0 Å². The first-order valence-electron chi connectivity index (χ1n) is 10.8. The number of nitrogens with zero attached hydrogens (tertiary/aromatic N) is 1. The van der Waals surface area contributed by atoms with Gasteiger partial charge in [-0.15, -0.1) is 0 Å². The number of ether oxygens (including phenoxy) is 1. The molecule has 1 aromatic carbocycles. The molecular formula is C24H35N3O4. The molecule has 0 saturated carbocycles. The van der Waals surface area contributed by atoms with Gasteiger partial charge < -0.3 is 15.4 Å². The first-order valence-corrected chi connectivity index (χ1v) is 10.8. The van der Waals surface area contributed by atoms with E-state index in [1.165, 1.54) is 0 Å². The molecule has 0 spiro atoms. The standard InChI is InChI=1S/C24H35N3O4/c1-8-12-27-16(4)19(21(28)31-14-15(2)3)20(26-23(27)30)17-10-9-11-18(13-17)25-22(29)24(5,6)7/h9-11,13,15,20H,8,12,14H2,1-7H3,(H,25,29)(H,26,30)/t20-/m0/s1. The highest BCUT2D eigenvalue weighted by Crippen LogP contribution is 2.33. The van der Waals surface area contributed by atoms with E-state index in [0.717, 1.165) is 6.42 Å². The molecule has 0 bridgehead atoms. The Morgan fingerprint density at radius 3 is 2.52 bits per heavy atom. The molecule has 7 nitrogen and oxygen atoms in total. The van der Waals surface area contributed by atoms with Crippen LogP contribution in [0.4, 0.5) is 10.5 Å². The van der Waals surface area contributed by atoms with Crippen molar-refractivity contribution in [1.82, 2.24) is 10.2 Å². The smallest absolute Gasteiger partial charge is 0.338 e. The number of hydrogen-bond acceptors (Lipinski definition) is 4. The highest BCUT2D eigenvalue weighted by Gasteiger charge is 2.36. The molecule has 31 heavy (non-hydrogen) atoms. The van der Waals surface area contributed by atoms with Crippen molar-refractivity contribution in [2.75, 3.05) is 18.5 Å². The number of anilines is 1. The van der Waals surface area contributed by atoms with Gasteiger partial charge in [-0.05, 0) is 37.0 Å². The van der Waals surface area contributed by atoms with Gasteiger partial charge in [-0.25, -0.2) is 9.59 Å². The lowest BCUT2D eigenvalue weighted by Gasteiger charge is -2.35. The van der Waals surface area contributed by atoms with Gasteiger partial charge in [0.25, 0.3) is 0 Å². The number of hydrogen-bond donors (Lipinski definition) is 2. The Hall–Kier alpha value is -2.83. The number of esters is 1. The average Bonchev–Trinajstić information content (AvgIpc) is 2.68. The molecule has 2 rings (SSSR count). The van der Waals surface area contributed by atoms with E-state index in [9.17, 15) is 14.4 Å². The van der Waals surface area contributed by atoms with Crippen LogP contribution in [0, 0.1) is 11.3 Å². The van der Waals surface area contributed by atoms with Crippen LogP contribution in [0.25, 0.3) is 0 Å². The fourth-order valence-electron chi connectivity index (χ4n) is 3.22. The number of rotatable bonds is 7. The number of nitrogens with one attached hydrogen (secondary N) is 2. The lowest BCUT2D eigenvalue weighted by molar-refractivity contribution is -0.140. The third kappa shape index (κ3) is 6.09. The summed E-state index contributed by atoms with van der Waals surface area (Å²) in [7, 11) is 0. The molecule has 170 valence electrons. The van der Waals surface area contributed by atoms with Crippen LogP contribution in [-0.2, 0) is 14.3 Å². The number of benzene rings is 1. The Balaban J connectivity index is 2.44. The number of allylic oxidation sites excluding steroid dienone is 1. The number of urea groups is 1. The summed E-state index contributed by atoms with van der Waals surface area (Å²) in [5.74, 6) is -0.361. The van der Waals surface area contributed by atoms with Crippen LogP contribution in [0.2, 0.25) is 0 Å². The average molecular weight is 430 g/mol. The zero-order valence-corrected chi connectivity index (χ0v) is 19.7. The quantitative estimate of drug-likeness (QED) is 0.619. The zero-order chi connectivity index (χ0) is 23.3. The Bertz CT molecular complexity index is 868. The van der Waals surface area contributed by atoms with Crippen molar-refractivity contribution in [2.45, 2.75) is 60.9 Å². The fourth-order valence-corrected chi connectivity index (χ4v) is 3.22. The summed E-state index contributed by atoms with van der Waals surface area (Å²) in [6.07, 6.45) is 0.762. The molecule has 1 aromatic rings. The summed E-state index contributed by atoms with van der Waals surface area (Å²) < 4.78 is 5.52. The summed E-state index contributed by atoms with van der Waals surface area (Å²) in [5.41, 5.74) is 1.77. The van der Waals surface area contributed by atoms with Crippen molar-refractivity contribution in [1.29, 1.82) is 0 Å². The minimum absolute atomic E-state index is 0.116. The molecular weight excluding hydrogens is 394 g/mol. The Labute approximate surface area is 185 Å². The molecule has 0 saturated heterocycles. The molecule has 1 aliphatic rings. The third-order valence-corrected chi connectivity index (χ3v) is 4.97. The van der Waals surface area contributed by atoms with Crippen LogP contribution in [0.3, 0.4) is 0 Å². The predicted octanol–water partition coefficient (Wildman–Crippen LogP) is 4.62. The minimum Gasteiger partial charge on any atom is -0.462 e. The highest BCUT2D eigenvalue weighted by atomic mass is 16.5. The number of carbonyl (C=O) groups excluding carboxylic acids is 3. The van der Waals surface area contributed by atoms with Crippen molar-refractivity contribution in [2.24, 2.45) is 11.3 Å². The van der Waals surface area contributed by atoms with E-state index in [2.05, 4.69) is 10.6 Å². The van der Waals surface area contributed by atoms with Crippen LogP contribution in [-0.4, -0.2) is 36.0 Å². The number of amides is 3. The molecule has 0 aromatic heterocycles. The molecule has 1 heterocycles. The van der Waals surface area contributed by atoms with Crippen molar-refractivity contribution < 1.29 is 19.1 Å². The van der Waals surface area contributed by atoms with Gasteiger partial charge in [0.2, 0.25) is 5.91 Å². The second kappa shape index (κ2) is 9.98. The number of carbonyl (C=O) groups is 3. The predicted molar refractivity (Wildman–Crippen MR) is 121 cm³/mol. The maximum Gasteiger partial charge on any atom is 0.338 e. The van der Waals surface area contributed by atoms with E-state index >= 15 is 0 Å². The monoisotopic (exact) mass is 429 g/mol. The topological polar surface area (TPSA) is 87.7 Å². The molecule has 7 heteroatoms. The van der Waals surface area contributed by atoms with Gasteiger partial charge in [0.15, 0.2) is 0 Å². The summed E-state index contributed by atoms with van der Waals surface area (Å²) in [5, 5.41) is 5.85. The van der Waals surface area contributed by atoms with Gasteiger partial charge in [0, 0.05) is 23.3 Å². The Kier molecular flexibility index (Phi) is 7.87. The van der Waals surface area contributed by atoms with Crippen molar-refractivity contribution in [3.63, 3.8) is 0 Å².